The van der Waals surface area contributed by atoms with Gasteiger partial charge in [-0.3, -0.25) is 28.8 Å². The first-order valence-corrected chi connectivity index (χ1v) is 38.9. The fourth-order valence-corrected chi connectivity index (χ4v) is 10.2. The number of rotatable bonds is 71. The van der Waals surface area contributed by atoms with Crippen molar-refractivity contribution in [3.8, 4) is 12.3 Å². The number of aromatic nitrogens is 3. The summed E-state index contributed by atoms with van der Waals surface area (Å²) in [7, 11) is 0. The Balaban J connectivity index is -0.000000865. The molecular weight excluding hydrogens is 1440 g/mol. The molecule has 0 spiro atoms. The molecule has 0 aromatic carbocycles. The van der Waals surface area contributed by atoms with Gasteiger partial charge >= 0.3 is 36.1 Å². The maximum absolute atomic E-state index is 12.3. The molecule has 108 heavy (non-hydrogen) atoms. The fourth-order valence-electron chi connectivity index (χ4n) is 10.2. The van der Waals surface area contributed by atoms with Gasteiger partial charge in [0.1, 0.15) is 18.7 Å². The zero-order chi connectivity index (χ0) is 78.4. The van der Waals surface area contributed by atoms with E-state index in [1.165, 1.54) is 38.5 Å². The Kier molecular flexibility index (Phi) is 82.0. The molecular formula is C74H138N12O20P2. The first-order valence-electron chi connectivity index (χ1n) is 38.9. The molecule has 0 saturated heterocycles. The van der Waals surface area contributed by atoms with Crippen molar-refractivity contribution in [2.75, 3.05) is 98.8 Å². The number of nitrogens with one attached hydrogen (secondary N) is 6. The summed E-state index contributed by atoms with van der Waals surface area (Å²) in [6, 6.07) is -2.22. The SMILES string of the molecule is C#CCCOC(=O)NCCCCC.CCCCCNC(=O)OCCc1cn(CCOCCOCCNC(=O)CCC(NC(=O)CCCCCCCCCCCCCCC(=O)O)C(=O)O)nn1.P.P.[N-]=[N+]=NCCOCCOCCNC(=O)CCC(NC(=O)CCCCCCCCCCCCCCC(=O)O)C(=O)O. The normalized spacial score (nSPS) is 11.0. The first kappa shape index (κ1) is 107. The molecule has 1 rings (SSSR count). The summed E-state index contributed by atoms with van der Waals surface area (Å²) in [4.78, 5) is 118. The monoisotopic (exact) mass is 1580 g/mol. The van der Waals surface area contributed by atoms with Gasteiger partial charge in [0.25, 0.3) is 0 Å². The third kappa shape index (κ3) is 80.0. The van der Waals surface area contributed by atoms with Gasteiger partial charge in [0.2, 0.25) is 23.6 Å². The van der Waals surface area contributed by atoms with E-state index in [4.69, 9.17) is 50.6 Å². The smallest absolute Gasteiger partial charge is 0.407 e. The van der Waals surface area contributed by atoms with E-state index in [1.807, 2.05) is 0 Å². The maximum Gasteiger partial charge on any atom is 0.407 e. The minimum Gasteiger partial charge on any atom is -0.481 e. The van der Waals surface area contributed by atoms with Crippen LogP contribution in [0.15, 0.2) is 11.3 Å². The molecule has 0 radical (unpaired) electrons. The molecule has 0 aliphatic carbocycles. The van der Waals surface area contributed by atoms with Crippen molar-refractivity contribution in [1.29, 1.82) is 0 Å². The van der Waals surface area contributed by atoms with E-state index in [2.05, 4.69) is 72.0 Å². The van der Waals surface area contributed by atoms with Crippen LogP contribution in [-0.4, -0.2) is 206 Å². The first-order chi connectivity index (χ1) is 51.4. The van der Waals surface area contributed by atoms with Crippen molar-refractivity contribution in [2.45, 2.75) is 289 Å². The summed E-state index contributed by atoms with van der Waals surface area (Å²) in [5, 5.41) is 63.3. The summed E-state index contributed by atoms with van der Waals surface area (Å²) in [5.74, 6) is -2.63. The van der Waals surface area contributed by atoms with Crippen molar-refractivity contribution in [1.82, 2.24) is 46.9 Å². The average Bonchev–Trinajstić information content (AvgIpc) is 1.71. The minimum absolute atomic E-state index is 0. The average molecular weight is 1580 g/mol. The van der Waals surface area contributed by atoms with Crippen LogP contribution in [-0.2, 0) is 79.7 Å². The van der Waals surface area contributed by atoms with Gasteiger partial charge < -0.3 is 80.7 Å². The molecule has 1 aromatic heterocycles. The van der Waals surface area contributed by atoms with Crippen LogP contribution in [0, 0.1) is 12.3 Å². The zero-order valence-corrected chi connectivity index (χ0v) is 68.2. The van der Waals surface area contributed by atoms with Crippen molar-refractivity contribution in [3.63, 3.8) is 0 Å². The Morgan fingerprint density at radius 2 is 0.833 bits per heavy atom. The van der Waals surface area contributed by atoms with E-state index in [9.17, 15) is 58.2 Å². The van der Waals surface area contributed by atoms with Gasteiger partial charge in [0.05, 0.1) is 71.7 Å². The van der Waals surface area contributed by atoms with Crippen LogP contribution >= 0.6 is 19.8 Å². The molecule has 1 heterocycles. The molecule has 6 amide bonds. The molecule has 0 saturated carbocycles. The minimum atomic E-state index is -1.16. The number of unbranched alkanes of at least 4 members (excludes halogenated alkanes) is 26. The third-order valence-electron chi connectivity index (χ3n) is 16.2. The molecule has 32 nitrogen and oxygen atoms in total. The Bertz CT molecular complexity index is 2530. The van der Waals surface area contributed by atoms with Crippen LogP contribution in [0.5, 0.6) is 0 Å². The highest BCUT2D eigenvalue weighted by Gasteiger charge is 2.22. The number of amides is 6. The number of nitrogens with zero attached hydrogens (tertiary/aromatic N) is 6. The van der Waals surface area contributed by atoms with E-state index < -0.39 is 42.1 Å². The highest BCUT2D eigenvalue weighted by Crippen LogP contribution is 2.16. The lowest BCUT2D eigenvalue weighted by molar-refractivity contribution is -0.142. The number of hydrogen-bond donors (Lipinski definition) is 10. The summed E-state index contributed by atoms with van der Waals surface area (Å²) in [6.45, 7) is 9.98. The highest BCUT2D eigenvalue weighted by molar-refractivity contribution is 6.92. The van der Waals surface area contributed by atoms with Crippen LogP contribution < -0.4 is 31.9 Å². The number of aliphatic carboxylic acids is 4. The Hall–Kier alpha value is -6.99. The number of alkyl carbamates (subject to hydrolysis) is 2. The zero-order valence-electron chi connectivity index (χ0n) is 65.3. The second kappa shape index (κ2) is 82.5. The van der Waals surface area contributed by atoms with Crippen molar-refractivity contribution in [2.24, 2.45) is 5.11 Å². The standard InChI is InChI=1S/C37H66N6O10.C27H49N5O8.C10H17NO2.2H3P/c1-2-3-16-22-39-37(50)53-25-21-31-30-43(42-41-31)24-27-52-29-28-51-26-23-38-33(44)20-19-32(36(48)49)40-34(45)17-14-12-10-8-6-4-5-7-9-11-13-15-18-35(46)47;28-32-30-18-20-40-22-21-39-19-17-29-24(33)16-15-23(27(37)38)31-25(34)13-11-9-7-5-3-1-2-4-6-8-10-12-14-26(35)36;1-3-5-7-8-11-10(12)13-9-6-4-2;;/h30,32H,2-29H2,1H3,(H,38,44)(H,39,50)(H,40,45)(H,46,47)(H,48,49);23H,1-22H2,(H,29,33)(H,31,34)(H,35,36)(H,37,38);2H,3,5-9H2,1H3,(H,11,12);2*1H3. The van der Waals surface area contributed by atoms with Crippen LogP contribution in [0.2, 0.25) is 0 Å². The second-order valence-electron chi connectivity index (χ2n) is 25.6. The number of carboxylic acid groups (broad SMARTS) is 4. The molecule has 0 bridgehead atoms. The summed E-state index contributed by atoms with van der Waals surface area (Å²) < 4.78 is 33.1. The lowest BCUT2D eigenvalue weighted by atomic mass is 10.0. The lowest BCUT2D eigenvalue weighted by Gasteiger charge is -2.14. The van der Waals surface area contributed by atoms with Crippen molar-refractivity contribution in [3.05, 3.63) is 22.3 Å². The third-order valence-corrected chi connectivity index (χ3v) is 16.2. The highest BCUT2D eigenvalue weighted by atomic mass is 31.0. The molecule has 624 valence electrons. The van der Waals surface area contributed by atoms with E-state index in [0.29, 0.717) is 97.3 Å². The predicted octanol–water partition coefficient (Wildman–Crippen LogP) is 11.2. The molecule has 0 fully saturated rings. The largest absolute Gasteiger partial charge is 0.481 e. The predicted molar refractivity (Wildman–Crippen MR) is 423 cm³/mol. The van der Waals surface area contributed by atoms with E-state index >= 15 is 0 Å². The van der Waals surface area contributed by atoms with Gasteiger partial charge in [-0.05, 0) is 56.9 Å². The molecule has 34 heteroatoms. The number of hydrogen-bond acceptors (Lipinski definition) is 19. The Morgan fingerprint density at radius 1 is 0.463 bits per heavy atom. The van der Waals surface area contributed by atoms with Gasteiger partial charge in [-0.15, -0.1) is 17.4 Å². The van der Waals surface area contributed by atoms with E-state index in [-0.39, 0.29) is 140 Å². The molecule has 0 aliphatic rings. The number of carboxylic acids is 4. The molecule has 10 N–H and O–H groups in total. The van der Waals surface area contributed by atoms with E-state index in [1.54, 1.807) is 10.9 Å². The van der Waals surface area contributed by atoms with E-state index in [0.717, 1.165) is 141 Å². The quantitative estimate of drug-likeness (QED) is 0.00723. The summed E-state index contributed by atoms with van der Waals surface area (Å²) >= 11 is 0. The van der Waals surface area contributed by atoms with Gasteiger partial charge in [-0.1, -0.05) is 178 Å². The number of carbonyl (C=O) groups excluding carboxylic acids is 6. The molecule has 4 atom stereocenters. The van der Waals surface area contributed by atoms with Gasteiger partial charge in [-0.2, -0.15) is 19.8 Å². The van der Waals surface area contributed by atoms with Gasteiger partial charge in [0, 0.05) is 95.2 Å². The summed E-state index contributed by atoms with van der Waals surface area (Å²) in [5.41, 5.74) is 8.85. The van der Waals surface area contributed by atoms with Crippen LogP contribution in [0.25, 0.3) is 10.4 Å². The number of ether oxygens (including phenoxy) is 6. The fraction of sp³-hybridized carbons (Fsp3) is 0.811. The van der Waals surface area contributed by atoms with Crippen molar-refractivity contribution >= 4 is 79.5 Å². The van der Waals surface area contributed by atoms with Crippen LogP contribution in [0.1, 0.15) is 270 Å². The number of terminal acetylenes is 1. The van der Waals surface area contributed by atoms with Crippen molar-refractivity contribution < 1.29 is 96.8 Å². The van der Waals surface area contributed by atoms with Crippen LogP contribution in [0.4, 0.5) is 9.59 Å². The van der Waals surface area contributed by atoms with Crippen LogP contribution in [0.3, 0.4) is 0 Å². The number of azide groups is 1. The molecule has 0 aliphatic heterocycles. The summed E-state index contributed by atoms with van der Waals surface area (Å²) in [6.07, 6.45) is 39.3. The Morgan fingerprint density at radius 3 is 1.20 bits per heavy atom. The second-order valence-corrected chi connectivity index (χ2v) is 25.6. The number of carbonyl (C=O) groups is 10. The topological polar surface area (TPSA) is 459 Å². The Labute approximate surface area is 648 Å². The maximum atomic E-state index is 12.3. The van der Waals surface area contributed by atoms with Gasteiger partial charge in [0.15, 0.2) is 0 Å². The molecule has 1 aromatic rings. The molecule has 4 unspecified atom stereocenters. The van der Waals surface area contributed by atoms with Gasteiger partial charge in [-0.25, -0.2) is 23.9 Å². The lowest BCUT2D eigenvalue weighted by Crippen LogP contribution is -2.41.